The highest BCUT2D eigenvalue weighted by Crippen LogP contribution is 2.31. The zero-order valence-electron chi connectivity index (χ0n) is 16.7. The van der Waals surface area contributed by atoms with Crippen molar-refractivity contribution in [3.63, 3.8) is 0 Å². The molecular weight excluding hydrogens is 338 g/mol. The smallest absolute Gasteiger partial charge is 0.225 e. The van der Waals surface area contributed by atoms with E-state index in [-0.39, 0.29) is 0 Å². The maximum Gasteiger partial charge on any atom is 0.225 e. The molecule has 6 nitrogen and oxygen atoms in total. The summed E-state index contributed by atoms with van der Waals surface area (Å²) < 4.78 is 0. The van der Waals surface area contributed by atoms with Gasteiger partial charge in [-0.15, -0.1) is 0 Å². The van der Waals surface area contributed by atoms with Gasteiger partial charge in [0.15, 0.2) is 0 Å². The molecular formula is C21H35N5O. The molecule has 1 unspecified atom stereocenters. The molecule has 0 radical (unpaired) electrons. The Kier molecular flexibility index (Phi) is 6.25. The molecule has 0 bridgehead atoms. The van der Waals surface area contributed by atoms with Crippen LogP contribution in [0.5, 0.6) is 0 Å². The van der Waals surface area contributed by atoms with Gasteiger partial charge >= 0.3 is 0 Å². The van der Waals surface area contributed by atoms with Gasteiger partial charge in [-0.1, -0.05) is 6.92 Å². The topological polar surface area (TPSA) is 64.5 Å². The number of aliphatic hydroxyl groups is 1. The monoisotopic (exact) mass is 373 g/mol. The molecule has 0 aromatic carbocycles. The minimum absolute atomic E-state index is 0.309. The summed E-state index contributed by atoms with van der Waals surface area (Å²) in [5, 5.41) is 13.3. The van der Waals surface area contributed by atoms with Crippen molar-refractivity contribution in [1.82, 2.24) is 20.2 Å². The van der Waals surface area contributed by atoms with Crippen LogP contribution in [0.1, 0.15) is 62.7 Å². The lowest BCUT2D eigenvalue weighted by Gasteiger charge is -2.36. The van der Waals surface area contributed by atoms with Gasteiger partial charge in [-0.25, -0.2) is 9.97 Å². The summed E-state index contributed by atoms with van der Waals surface area (Å²) >= 11 is 0. The first-order chi connectivity index (χ1) is 13.3. The standard InChI is InChI=1S/C21H35N5O/c1-2-25-10-8-17(9-11-25)23-19-4-3-5-20-18(19)14-22-21(24-20)26-12-6-16(15-27)7-13-26/h14,16-17,19,23,27H,2-13,15H2,1H3. The van der Waals surface area contributed by atoms with Gasteiger partial charge in [0.1, 0.15) is 0 Å². The molecule has 2 fully saturated rings. The van der Waals surface area contributed by atoms with Crippen molar-refractivity contribution >= 4 is 5.95 Å². The van der Waals surface area contributed by atoms with E-state index in [4.69, 9.17) is 9.97 Å². The fourth-order valence-corrected chi connectivity index (χ4v) is 4.88. The molecule has 0 spiro atoms. The normalized spacial score (nSPS) is 25.6. The molecule has 1 aromatic rings. The zero-order chi connectivity index (χ0) is 18.6. The quantitative estimate of drug-likeness (QED) is 0.824. The number of nitrogens with one attached hydrogen (secondary N) is 1. The van der Waals surface area contributed by atoms with Crippen LogP contribution in [0.25, 0.3) is 0 Å². The molecule has 150 valence electrons. The van der Waals surface area contributed by atoms with Gasteiger partial charge in [0.05, 0.1) is 5.69 Å². The molecule has 2 N–H and O–H groups in total. The first-order valence-electron chi connectivity index (χ1n) is 11.0. The molecule has 1 aromatic heterocycles. The van der Waals surface area contributed by atoms with Gasteiger partial charge in [-0.2, -0.15) is 0 Å². The number of likely N-dealkylation sites (tertiary alicyclic amines) is 1. The fraction of sp³-hybridized carbons (Fsp3) is 0.810. The lowest BCUT2D eigenvalue weighted by molar-refractivity contribution is 0.195. The van der Waals surface area contributed by atoms with E-state index in [9.17, 15) is 5.11 Å². The van der Waals surface area contributed by atoms with Crippen LogP contribution in [0.4, 0.5) is 5.95 Å². The van der Waals surface area contributed by atoms with E-state index < -0.39 is 0 Å². The molecule has 0 saturated carbocycles. The number of fused-ring (bicyclic) bond motifs is 1. The molecule has 3 heterocycles. The second kappa shape index (κ2) is 8.84. The minimum atomic E-state index is 0.309. The van der Waals surface area contributed by atoms with Gasteiger partial charge in [0, 0.05) is 43.5 Å². The third kappa shape index (κ3) is 4.44. The average molecular weight is 374 g/mol. The Morgan fingerprint density at radius 3 is 2.59 bits per heavy atom. The first-order valence-corrected chi connectivity index (χ1v) is 11.0. The van der Waals surface area contributed by atoms with Crippen LogP contribution in [-0.2, 0) is 6.42 Å². The Morgan fingerprint density at radius 2 is 1.89 bits per heavy atom. The molecule has 6 heteroatoms. The highest BCUT2D eigenvalue weighted by Gasteiger charge is 2.28. The summed E-state index contributed by atoms with van der Waals surface area (Å²) in [5.41, 5.74) is 2.58. The zero-order valence-corrected chi connectivity index (χ0v) is 16.7. The lowest BCUT2D eigenvalue weighted by Crippen LogP contribution is -2.44. The Balaban J connectivity index is 1.40. The van der Waals surface area contributed by atoms with E-state index in [1.165, 1.54) is 56.6 Å². The summed E-state index contributed by atoms with van der Waals surface area (Å²) in [5.74, 6) is 1.34. The van der Waals surface area contributed by atoms with Crippen LogP contribution < -0.4 is 10.2 Å². The number of piperidine rings is 2. The Labute approximate surface area is 163 Å². The fourth-order valence-electron chi connectivity index (χ4n) is 4.88. The van der Waals surface area contributed by atoms with Gasteiger partial charge in [0.2, 0.25) is 5.95 Å². The predicted molar refractivity (Wildman–Crippen MR) is 108 cm³/mol. The average Bonchev–Trinajstić information content (AvgIpc) is 2.74. The number of aromatic nitrogens is 2. The van der Waals surface area contributed by atoms with Crippen molar-refractivity contribution in [2.45, 2.75) is 64.0 Å². The van der Waals surface area contributed by atoms with Gasteiger partial charge in [-0.05, 0) is 70.5 Å². The number of anilines is 1. The van der Waals surface area contributed by atoms with Crippen molar-refractivity contribution in [3.05, 3.63) is 17.5 Å². The van der Waals surface area contributed by atoms with Crippen LogP contribution in [0, 0.1) is 5.92 Å². The van der Waals surface area contributed by atoms with Gasteiger partial charge in [0.25, 0.3) is 0 Å². The van der Waals surface area contributed by atoms with Crippen molar-refractivity contribution < 1.29 is 5.11 Å². The summed E-state index contributed by atoms with van der Waals surface area (Å²) in [6.07, 6.45) is 10.2. The second-order valence-electron chi connectivity index (χ2n) is 8.51. The van der Waals surface area contributed by atoms with Crippen LogP contribution in [0.2, 0.25) is 0 Å². The highest BCUT2D eigenvalue weighted by molar-refractivity contribution is 5.36. The maximum absolute atomic E-state index is 9.34. The maximum atomic E-state index is 9.34. The molecule has 0 amide bonds. The first kappa shape index (κ1) is 19.1. The Morgan fingerprint density at radius 1 is 1.11 bits per heavy atom. The number of hydrogen-bond acceptors (Lipinski definition) is 6. The molecule has 2 saturated heterocycles. The summed E-state index contributed by atoms with van der Waals surface area (Å²) in [4.78, 5) is 14.5. The van der Waals surface area contributed by atoms with Crippen LogP contribution in [0.3, 0.4) is 0 Å². The van der Waals surface area contributed by atoms with E-state index in [1.54, 1.807) is 0 Å². The third-order valence-corrected chi connectivity index (χ3v) is 6.80. The van der Waals surface area contributed by atoms with Crippen molar-refractivity contribution in [2.75, 3.05) is 44.2 Å². The molecule has 3 aliphatic rings. The molecule has 4 rings (SSSR count). The Bertz CT molecular complexity index is 609. The third-order valence-electron chi connectivity index (χ3n) is 6.80. The van der Waals surface area contributed by atoms with Crippen molar-refractivity contribution in [3.8, 4) is 0 Å². The van der Waals surface area contributed by atoms with Crippen LogP contribution in [-0.4, -0.2) is 65.3 Å². The number of nitrogens with zero attached hydrogens (tertiary/aromatic N) is 4. The summed E-state index contributed by atoms with van der Waals surface area (Å²) in [6.45, 7) is 8.09. The van der Waals surface area contributed by atoms with E-state index in [2.05, 4.69) is 28.2 Å². The van der Waals surface area contributed by atoms with Crippen molar-refractivity contribution in [2.24, 2.45) is 5.92 Å². The molecule has 27 heavy (non-hydrogen) atoms. The number of hydrogen-bond donors (Lipinski definition) is 2. The predicted octanol–water partition coefficient (Wildman–Crippen LogP) is 2.14. The van der Waals surface area contributed by atoms with Gasteiger partial charge < -0.3 is 20.2 Å². The number of aryl methyl sites for hydroxylation is 1. The van der Waals surface area contributed by atoms with Crippen molar-refractivity contribution in [1.29, 1.82) is 0 Å². The molecule has 1 aliphatic carbocycles. The summed E-state index contributed by atoms with van der Waals surface area (Å²) in [6, 6.07) is 1.04. The lowest BCUT2D eigenvalue weighted by atomic mass is 9.90. The van der Waals surface area contributed by atoms with Crippen LogP contribution >= 0.6 is 0 Å². The molecule has 1 atom stereocenters. The van der Waals surface area contributed by atoms with E-state index in [0.29, 0.717) is 24.6 Å². The van der Waals surface area contributed by atoms with Crippen LogP contribution in [0.15, 0.2) is 6.20 Å². The second-order valence-corrected chi connectivity index (χ2v) is 8.51. The largest absolute Gasteiger partial charge is 0.396 e. The Hall–Kier alpha value is -1.24. The number of rotatable bonds is 5. The van der Waals surface area contributed by atoms with Gasteiger partial charge in [-0.3, -0.25) is 0 Å². The molecule has 2 aliphatic heterocycles. The minimum Gasteiger partial charge on any atom is -0.396 e. The summed E-state index contributed by atoms with van der Waals surface area (Å²) in [7, 11) is 0. The number of aliphatic hydroxyl groups excluding tert-OH is 1. The highest BCUT2D eigenvalue weighted by atomic mass is 16.3. The van der Waals surface area contributed by atoms with E-state index in [0.717, 1.165) is 38.3 Å². The SMILES string of the molecule is CCN1CCC(NC2CCCc3nc(N4CCC(CO)CC4)ncc32)CC1. The van der Waals surface area contributed by atoms with E-state index >= 15 is 0 Å². The van der Waals surface area contributed by atoms with E-state index in [1.807, 2.05) is 0 Å².